The zero-order valence-electron chi connectivity index (χ0n) is 7.73. The largest absolute Gasteiger partial charge is 0.388 e. The van der Waals surface area contributed by atoms with Crippen LogP contribution in [0.2, 0.25) is 0 Å². The zero-order valence-corrected chi connectivity index (χ0v) is 9.31. The molecule has 0 bridgehead atoms. The summed E-state index contributed by atoms with van der Waals surface area (Å²) in [5.41, 5.74) is 0.394. The van der Waals surface area contributed by atoms with Gasteiger partial charge in [-0.15, -0.1) is 0 Å². The minimum absolute atomic E-state index is 0.0125. The molecule has 0 aliphatic heterocycles. The van der Waals surface area contributed by atoms with Crippen LogP contribution in [0.15, 0.2) is 16.6 Å². The molecule has 1 atom stereocenters. The lowest BCUT2D eigenvalue weighted by molar-refractivity contribution is 0.165. The summed E-state index contributed by atoms with van der Waals surface area (Å²) in [7, 11) is 0. The van der Waals surface area contributed by atoms with Crippen LogP contribution in [-0.4, -0.2) is 5.11 Å². The highest BCUT2D eigenvalue weighted by Gasteiger charge is 2.16. The van der Waals surface area contributed by atoms with E-state index in [1.807, 2.05) is 6.92 Å². The molecule has 0 aliphatic rings. The van der Waals surface area contributed by atoms with Gasteiger partial charge >= 0.3 is 0 Å². The summed E-state index contributed by atoms with van der Waals surface area (Å²) >= 11 is 2.93. The van der Waals surface area contributed by atoms with Crippen LogP contribution in [-0.2, 0) is 0 Å². The molecule has 0 heterocycles. The second-order valence-corrected chi connectivity index (χ2v) is 3.86. The summed E-state index contributed by atoms with van der Waals surface area (Å²) < 4.78 is 25.8. The normalized spacial score (nSPS) is 12.9. The Bertz CT molecular complexity index is 328. The van der Waals surface area contributed by atoms with Gasteiger partial charge in [0.2, 0.25) is 0 Å². The number of aliphatic hydroxyl groups excluding tert-OH is 1. The van der Waals surface area contributed by atoms with Crippen molar-refractivity contribution in [2.75, 3.05) is 0 Å². The predicted octanol–water partition coefficient (Wildman–Crippen LogP) is 3.56. The second-order valence-electron chi connectivity index (χ2n) is 3.07. The number of hydrogen-bond donors (Lipinski definition) is 1. The fraction of sp³-hybridized carbons (Fsp3) is 0.400. The Balaban J connectivity index is 3.04. The van der Waals surface area contributed by atoms with Gasteiger partial charge in [-0.3, -0.25) is 0 Å². The molecule has 1 rings (SSSR count). The van der Waals surface area contributed by atoms with Crippen molar-refractivity contribution in [3.05, 3.63) is 33.8 Å². The molecule has 0 aliphatic carbocycles. The van der Waals surface area contributed by atoms with Crippen molar-refractivity contribution in [1.82, 2.24) is 0 Å². The average molecular weight is 265 g/mol. The Morgan fingerprint density at radius 3 is 2.64 bits per heavy atom. The van der Waals surface area contributed by atoms with Gasteiger partial charge in [-0.05, 0) is 34.0 Å². The fourth-order valence-electron chi connectivity index (χ4n) is 1.23. The summed E-state index contributed by atoms with van der Waals surface area (Å²) in [6.45, 7) is 1.91. The summed E-state index contributed by atoms with van der Waals surface area (Å²) in [5.74, 6) is -1.86. The molecule has 0 fully saturated rings. The predicted molar refractivity (Wildman–Crippen MR) is 53.9 cm³/mol. The van der Waals surface area contributed by atoms with Gasteiger partial charge in [0, 0.05) is 0 Å². The molecular formula is C10H11BrF2O. The van der Waals surface area contributed by atoms with Crippen LogP contribution in [0.25, 0.3) is 0 Å². The third-order valence-electron chi connectivity index (χ3n) is 1.99. The van der Waals surface area contributed by atoms with E-state index in [2.05, 4.69) is 15.9 Å². The highest BCUT2D eigenvalue weighted by molar-refractivity contribution is 9.10. The van der Waals surface area contributed by atoms with E-state index >= 15 is 0 Å². The van der Waals surface area contributed by atoms with Gasteiger partial charge < -0.3 is 5.11 Å². The van der Waals surface area contributed by atoms with E-state index in [0.29, 0.717) is 12.0 Å². The van der Waals surface area contributed by atoms with Crippen molar-refractivity contribution in [3.63, 3.8) is 0 Å². The van der Waals surface area contributed by atoms with Crippen molar-refractivity contribution in [2.45, 2.75) is 25.9 Å². The van der Waals surface area contributed by atoms with E-state index in [1.54, 1.807) is 0 Å². The molecule has 1 aromatic rings. The molecule has 1 nitrogen and oxygen atoms in total. The maximum absolute atomic E-state index is 13.1. The molecule has 0 saturated carbocycles. The van der Waals surface area contributed by atoms with Crippen LogP contribution in [0.5, 0.6) is 0 Å². The highest BCUT2D eigenvalue weighted by Crippen LogP contribution is 2.29. The lowest BCUT2D eigenvalue weighted by atomic mass is 10.1. The van der Waals surface area contributed by atoms with Crippen molar-refractivity contribution in [3.8, 4) is 0 Å². The maximum atomic E-state index is 13.1. The van der Waals surface area contributed by atoms with E-state index in [9.17, 15) is 13.9 Å². The molecule has 1 N–H and O–H groups in total. The second kappa shape index (κ2) is 4.84. The van der Waals surface area contributed by atoms with Crippen LogP contribution < -0.4 is 0 Å². The Labute approximate surface area is 89.9 Å². The number of halogens is 3. The third kappa shape index (κ3) is 2.30. The third-order valence-corrected chi connectivity index (χ3v) is 2.79. The minimum Gasteiger partial charge on any atom is -0.388 e. The van der Waals surface area contributed by atoms with Crippen LogP contribution in [0.3, 0.4) is 0 Å². The smallest absolute Gasteiger partial charge is 0.173 e. The topological polar surface area (TPSA) is 20.2 Å². The molecule has 4 heteroatoms. The Morgan fingerprint density at radius 1 is 1.43 bits per heavy atom. The quantitative estimate of drug-likeness (QED) is 0.828. The van der Waals surface area contributed by atoms with E-state index in [-0.39, 0.29) is 4.47 Å². The average Bonchev–Trinajstić information content (AvgIpc) is 2.15. The summed E-state index contributed by atoms with van der Waals surface area (Å²) in [6.07, 6.45) is 0.570. The van der Waals surface area contributed by atoms with Crippen molar-refractivity contribution in [2.24, 2.45) is 0 Å². The van der Waals surface area contributed by atoms with Gasteiger partial charge in [-0.25, -0.2) is 8.78 Å². The number of benzene rings is 1. The van der Waals surface area contributed by atoms with Crippen molar-refractivity contribution >= 4 is 15.9 Å². The Morgan fingerprint density at radius 2 is 2.07 bits per heavy atom. The monoisotopic (exact) mass is 264 g/mol. The molecule has 78 valence electrons. The van der Waals surface area contributed by atoms with Crippen LogP contribution in [0.4, 0.5) is 8.78 Å². The maximum Gasteiger partial charge on any atom is 0.173 e. The van der Waals surface area contributed by atoms with E-state index in [0.717, 1.165) is 12.5 Å². The first kappa shape index (κ1) is 11.6. The molecule has 0 saturated heterocycles. The fourth-order valence-corrected chi connectivity index (χ4v) is 1.81. The highest BCUT2D eigenvalue weighted by atomic mass is 79.9. The van der Waals surface area contributed by atoms with Gasteiger partial charge in [-0.1, -0.05) is 19.4 Å². The van der Waals surface area contributed by atoms with Crippen LogP contribution in [0.1, 0.15) is 31.4 Å². The van der Waals surface area contributed by atoms with Gasteiger partial charge in [0.05, 0.1) is 10.6 Å². The molecule has 0 unspecified atom stereocenters. The Kier molecular flexibility index (Phi) is 4.01. The van der Waals surface area contributed by atoms with E-state index in [4.69, 9.17) is 0 Å². The SMILES string of the molecule is CCC[C@H](O)c1ccc(F)c(F)c1Br. The lowest BCUT2D eigenvalue weighted by Gasteiger charge is -2.12. The van der Waals surface area contributed by atoms with Gasteiger partial charge in [0.1, 0.15) is 0 Å². The number of rotatable bonds is 3. The summed E-state index contributed by atoms with van der Waals surface area (Å²) in [5, 5.41) is 9.60. The standard InChI is InChI=1S/C10H11BrF2O/c1-2-3-8(14)6-4-5-7(12)10(13)9(6)11/h4-5,8,14H,2-3H2,1H3/t8-/m0/s1. The molecule has 0 spiro atoms. The van der Waals surface area contributed by atoms with Crippen molar-refractivity contribution in [1.29, 1.82) is 0 Å². The first-order valence-corrected chi connectivity index (χ1v) is 5.18. The molecule has 1 aromatic carbocycles. The molecule has 0 amide bonds. The molecular weight excluding hydrogens is 254 g/mol. The first-order valence-electron chi connectivity index (χ1n) is 4.39. The molecule has 0 aromatic heterocycles. The Hall–Kier alpha value is -0.480. The summed E-state index contributed by atoms with van der Waals surface area (Å²) in [6, 6.07) is 2.41. The molecule has 14 heavy (non-hydrogen) atoms. The van der Waals surface area contributed by atoms with Gasteiger partial charge in [0.25, 0.3) is 0 Å². The van der Waals surface area contributed by atoms with Gasteiger partial charge in [-0.2, -0.15) is 0 Å². The molecule has 0 radical (unpaired) electrons. The zero-order chi connectivity index (χ0) is 10.7. The lowest BCUT2D eigenvalue weighted by Crippen LogP contribution is -2.00. The van der Waals surface area contributed by atoms with E-state index < -0.39 is 17.7 Å². The van der Waals surface area contributed by atoms with Crippen molar-refractivity contribution < 1.29 is 13.9 Å². The minimum atomic E-state index is -0.947. The van der Waals surface area contributed by atoms with E-state index in [1.165, 1.54) is 6.07 Å². The number of hydrogen-bond acceptors (Lipinski definition) is 1. The van der Waals surface area contributed by atoms with Gasteiger partial charge in [0.15, 0.2) is 11.6 Å². The van der Waals surface area contributed by atoms with Crippen LogP contribution in [0, 0.1) is 11.6 Å². The first-order chi connectivity index (χ1) is 6.57. The number of aliphatic hydroxyl groups is 1. The summed E-state index contributed by atoms with van der Waals surface area (Å²) in [4.78, 5) is 0. The van der Waals surface area contributed by atoms with Crippen LogP contribution >= 0.6 is 15.9 Å².